The van der Waals surface area contributed by atoms with Crippen molar-refractivity contribution in [3.63, 3.8) is 0 Å². The van der Waals surface area contributed by atoms with Gasteiger partial charge in [-0.1, -0.05) is 0 Å². The number of methoxy groups -OCH3 is 1. The van der Waals surface area contributed by atoms with Crippen molar-refractivity contribution < 1.29 is 19.1 Å². The molecule has 0 aliphatic carbocycles. The fourth-order valence-corrected chi connectivity index (χ4v) is 1.98. The van der Waals surface area contributed by atoms with Crippen LogP contribution in [0.25, 0.3) is 0 Å². The van der Waals surface area contributed by atoms with E-state index in [9.17, 15) is 9.59 Å². The maximum absolute atomic E-state index is 11.8. The summed E-state index contributed by atoms with van der Waals surface area (Å²) in [6.45, 7) is 3.89. The van der Waals surface area contributed by atoms with Gasteiger partial charge in [0.25, 0.3) is 0 Å². The van der Waals surface area contributed by atoms with E-state index in [1.807, 2.05) is 13.8 Å². The van der Waals surface area contributed by atoms with Crippen molar-refractivity contribution in [3.8, 4) is 11.5 Å². The maximum Gasteiger partial charge on any atom is 0.329 e. The number of benzene rings is 2. The molecule has 7 heteroatoms. The third-order valence-corrected chi connectivity index (χ3v) is 3.19. The first-order valence-corrected chi connectivity index (χ1v) is 8.03. The van der Waals surface area contributed by atoms with Crippen LogP contribution in [0.1, 0.15) is 19.4 Å². The van der Waals surface area contributed by atoms with Gasteiger partial charge < -0.3 is 14.8 Å². The molecule has 2 aromatic rings. The van der Waals surface area contributed by atoms with Gasteiger partial charge in [-0.2, -0.15) is 5.10 Å². The number of amides is 2. The average Bonchev–Trinajstić information content (AvgIpc) is 2.63. The van der Waals surface area contributed by atoms with Crippen molar-refractivity contribution in [2.45, 2.75) is 20.0 Å². The topological polar surface area (TPSA) is 89.0 Å². The second-order valence-corrected chi connectivity index (χ2v) is 5.62. The summed E-state index contributed by atoms with van der Waals surface area (Å²) in [5, 5.41) is 6.25. The summed E-state index contributed by atoms with van der Waals surface area (Å²) in [5.74, 6) is -0.272. The summed E-state index contributed by atoms with van der Waals surface area (Å²) in [6, 6.07) is 13.8. The zero-order valence-corrected chi connectivity index (χ0v) is 14.9. The van der Waals surface area contributed by atoms with Gasteiger partial charge in [-0.25, -0.2) is 5.43 Å². The van der Waals surface area contributed by atoms with Gasteiger partial charge in [0.2, 0.25) is 0 Å². The van der Waals surface area contributed by atoms with E-state index in [4.69, 9.17) is 9.47 Å². The van der Waals surface area contributed by atoms with Crippen molar-refractivity contribution in [2.24, 2.45) is 5.10 Å². The van der Waals surface area contributed by atoms with Gasteiger partial charge in [0, 0.05) is 5.69 Å². The van der Waals surface area contributed by atoms with Crippen LogP contribution in [0.5, 0.6) is 11.5 Å². The quantitative estimate of drug-likeness (QED) is 0.473. The van der Waals surface area contributed by atoms with E-state index in [1.54, 1.807) is 55.6 Å². The maximum atomic E-state index is 11.8. The smallest absolute Gasteiger partial charge is 0.329 e. The van der Waals surface area contributed by atoms with E-state index in [2.05, 4.69) is 15.8 Å². The molecule has 0 saturated carbocycles. The monoisotopic (exact) mass is 355 g/mol. The summed E-state index contributed by atoms with van der Waals surface area (Å²) in [6.07, 6.45) is 1.54. The Labute approximate surface area is 152 Å². The van der Waals surface area contributed by atoms with Gasteiger partial charge in [0.15, 0.2) is 0 Å². The molecule has 2 rings (SSSR count). The lowest BCUT2D eigenvalue weighted by molar-refractivity contribution is -0.136. The normalized spacial score (nSPS) is 10.6. The summed E-state index contributed by atoms with van der Waals surface area (Å²) in [4.78, 5) is 23.6. The number of ether oxygens (including phenoxy) is 2. The molecule has 0 atom stereocenters. The highest BCUT2D eigenvalue weighted by molar-refractivity contribution is 6.39. The summed E-state index contributed by atoms with van der Waals surface area (Å²) >= 11 is 0. The first kappa shape index (κ1) is 19.0. The van der Waals surface area contributed by atoms with Crippen molar-refractivity contribution in [3.05, 3.63) is 54.1 Å². The molecule has 0 heterocycles. The number of hydrazone groups is 1. The Kier molecular flexibility index (Phi) is 6.73. The minimum absolute atomic E-state index is 0.0954. The second kappa shape index (κ2) is 9.22. The first-order chi connectivity index (χ1) is 12.5. The van der Waals surface area contributed by atoms with Gasteiger partial charge in [0.1, 0.15) is 11.5 Å². The summed E-state index contributed by atoms with van der Waals surface area (Å²) < 4.78 is 10.6. The van der Waals surface area contributed by atoms with Crippen LogP contribution in [0.3, 0.4) is 0 Å². The van der Waals surface area contributed by atoms with Crippen LogP contribution in [0.15, 0.2) is 53.6 Å². The van der Waals surface area contributed by atoms with E-state index >= 15 is 0 Å². The van der Waals surface area contributed by atoms with Crippen molar-refractivity contribution in [1.82, 2.24) is 5.43 Å². The van der Waals surface area contributed by atoms with Crippen LogP contribution < -0.4 is 20.2 Å². The van der Waals surface area contributed by atoms with Crippen molar-refractivity contribution >= 4 is 23.7 Å². The molecule has 7 nitrogen and oxygen atoms in total. The highest BCUT2D eigenvalue weighted by Gasteiger charge is 2.12. The highest BCUT2D eigenvalue weighted by atomic mass is 16.5. The lowest BCUT2D eigenvalue weighted by atomic mass is 10.2. The average molecular weight is 355 g/mol. The summed E-state index contributed by atoms with van der Waals surface area (Å²) in [5.41, 5.74) is 3.43. The van der Waals surface area contributed by atoms with Gasteiger partial charge in [-0.05, 0) is 67.9 Å². The molecule has 0 saturated heterocycles. The Balaban J connectivity index is 1.84. The predicted molar refractivity (Wildman–Crippen MR) is 99.6 cm³/mol. The van der Waals surface area contributed by atoms with Gasteiger partial charge >= 0.3 is 11.8 Å². The number of carbonyl (C=O) groups excluding carboxylic acids is 2. The van der Waals surface area contributed by atoms with E-state index in [0.29, 0.717) is 11.4 Å². The SMILES string of the molecule is COc1ccc(NC(=O)C(=O)N/N=C\c2ccc(OC(C)C)cc2)cc1. The van der Waals surface area contributed by atoms with Crippen LogP contribution >= 0.6 is 0 Å². The van der Waals surface area contributed by atoms with E-state index in [0.717, 1.165) is 11.3 Å². The Morgan fingerprint density at radius 2 is 1.58 bits per heavy atom. The van der Waals surface area contributed by atoms with Crippen LogP contribution in [0, 0.1) is 0 Å². The number of anilines is 1. The van der Waals surface area contributed by atoms with Crippen LogP contribution in [-0.4, -0.2) is 31.2 Å². The lowest BCUT2D eigenvalue weighted by Gasteiger charge is -2.09. The fraction of sp³-hybridized carbons (Fsp3) is 0.211. The molecule has 26 heavy (non-hydrogen) atoms. The first-order valence-electron chi connectivity index (χ1n) is 8.03. The molecule has 0 radical (unpaired) electrons. The number of nitrogens with one attached hydrogen (secondary N) is 2. The van der Waals surface area contributed by atoms with Crippen LogP contribution in [0.4, 0.5) is 5.69 Å². The Morgan fingerprint density at radius 3 is 2.15 bits per heavy atom. The molecule has 0 spiro atoms. The molecule has 2 N–H and O–H groups in total. The molecule has 0 fully saturated rings. The van der Waals surface area contributed by atoms with E-state index < -0.39 is 11.8 Å². The highest BCUT2D eigenvalue weighted by Crippen LogP contribution is 2.15. The zero-order valence-electron chi connectivity index (χ0n) is 14.9. The Hall–Kier alpha value is -3.35. The number of carbonyl (C=O) groups is 2. The van der Waals surface area contributed by atoms with Crippen molar-refractivity contribution in [2.75, 3.05) is 12.4 Å². The van der Waals surface area contributed by atoms with Crippen LogP contribution in [-0.2, 0) is 9.59 Å². The molecular formula is C19H21N3O4. The van der Waals surface area contributed by atoms with E-state index in [1.165, 1.54) is 6.21 Å². The third kappa shape index (κ3) is 5.94. The third-order valence-electron chi connectivity index (χ3n) is 3.19. The summed E-state index contributed by atoms with van der Waals surface area (Å²) in [7, 11) is 1.55. The standard InChI is InChI=1S/C19H21N3O4/c1-13(2)26-17-8-4-14(5-9-17)12-20-22-19(24)18(23)21-15-6-10-16(25-3)11-7-15/h4-13H,1-3H3,(H,21,23)(H,22,24)/b20-12-. The Morgan fingerprint density at radius 1 is 0.962 bits per heavy atom. The lowest BCUT2D eigenvalue weighted by Crippen LogP contribution is -2.32. The van der Waals surface area contributed by atoms with Gasteiger partial charge in [-0.15, -0.1) is 0 Å². The molecule has 2 aromatic carbocycles. The molecule has 0 aliphatic rings. The minimum atomic E-state index is -0.864. The van der Waals surface area contributed by atoms with Crippen LogP contribution in [0.2, 0.25) is 0 Å². The molecule has 136 valence electrons. The number of hydrogen-bond donors (Lipinski definition) is 2. The zero-order chi connectivity index (χ0) is 18.9. The number of nitrogens with zero attached hydrogens (tertiary/aromatic N) is 1. The molecule has 0 bridgehead atoms. The number of rotatable bonds is 6. The predicted octanol–water partition coefficient (Wildman–Crippen LogP) is 2.57. The molecule has 0 unspecified atom stereocenters. The van der Waals surface area contributed by atoms with Gasteiger partial charge in [-0.3, -0.25) is 9.59 Å². The largest absolute Gasteiger partial charge is 0.497 e. The van der Waals surface area contributed by atoms with Gasteiger partial charge in [0.05, 0.1) is 19.4 Å². The molecule has 0 aliphatic heterocycles. The molecule has 2 amide bonds. The minimum Gasteiger partial charge on any atom is -0.497 e. The van der Waals surface area contributed by atoms with Crippen molar-refractivity contribution in [1.29, 1.82) is 0 Å². The molecular weight excluding hydrogens is 334 g/mol. The van der Waals surface area contributed by atoms with E-state index in [-0.39, 0.29) is 6.10 Å². The number of hydrogen-bond acceptors (Lipinski definition) is 5. The Bertz CT molecular complexity index is 768. The molecule has 0 aromatic heterocycles. The fourth-order valence-electron chi connectivity index (χ4n) is 1.98. The second-order valence-electron chi connectivity index (χ2n) is 5.62.